The Hall–Kier alpha value is -2.02. The summed E-state index contributed by atoms with van der Waals surface area (Å²) in [6.45, 7) is 2.73. The molecule has 1 N–H and O–H groups in total. The van der Waals surface area contributed by atoms with E-state index in [1.54, 1.807) is 36.0 Å². The van der Waals surface area contributed by atoms with E-state index < -0.39 is 17.6 Å². The van der Waals surface area contributed by atoms with Crippen molar-refractivity contribution < 1.29 is 23.9 Å². The fourth-order valence-corrected chi connectivity index (χ4v) is 5.33. The monoisotopic (exact) mass is 363 g/mol. The first-order valence-electron chi connectivity index (χ1n) is 8.25. The van der Waals surface area contributed by atoms with Gasteiger partial charge in [-0.05, 0) is 25.0 Å². The van der Waals surface area contributed by atoms with Gasteiger partial charge in [0.1, 0.15) is 12.2 Å². The molecule has 0 radical (unpaired) electrons. The predicted octanol–water partition coefficient (Wildman–Crippen LogP) is 1.93. The normalized spacial score (nSPS) is 30.4. The maximum atomic E-state index is 12.6. The molecule has 2 fully saturated rings. The van der Waals surface area contributed by atoms with E-state index in [-0.39, 0.29) is 23.2 Å². The van der Waals surface area contributed by atoms with E-state index in [0.29, 0.717) is 24.2 Å². The van der Waals surface area contributed by atoms with Crippen molar-refractivity contribution in [1.29, 1.82) is 0 Å². The van der Waals surface area contributed by atoms with E-state index in [0.717, 1.165) is 0 Å². The van der Waals surface area contributed by atoms with E-state index in [2.05, 4.69) is 5.32 Å². The van der Waals surface area contributed by atoms with Crippen LogP contribution < -0.4 is 5.32 Å². The fraction of sp³-hybridized carbons (Fsp3) is 0.500. The molecule has 0 spiro atoms. The number of thioether (sulfide) groups is 1. The molecule has 1 saturated carbocycles. The average Bonchev–Trinajstić information content (AvgIpc) is 2.79. The number of benzene rings is 1. The number of esters is 2. The lowest BCUT2D eigenvalue weighted by Crippen LogP contribution is -2.63. The van der Waals surface area contributed by atoms with Crippen LogP contribution in [0.15, 0.2) is 30.3 Å². The zero-order chi connectivity index (χ0) is 18.0. The lowest BCUT2D eigenvalue weighted by Gasteiger charge is -2.42. The number of carbonyl (C=O) groups is 3. The van der Waals surface area contributed by atoms with Crippen molar-refractivity contribution in [2.45, 2.75) is 49.7 Å². The number of ether oxygens (including phenoxy) is 2. The number of amides is 1. The van der Waals surface area contributed by atoms with Gasteiger partial charge in [0.25, 0.3) is 5.91 Å². The number of hydrogen-bond donors (Lipinski definition) is 1. The topological polar surface area (TPSA) is 81.7 Å². The summed E-state index contributed by atoms with van der Waals surface area (Å²) in [4.78, 5) is 35.6. The highest BCUT2D eigenvalue weighted by Crippen LogP contribution is 2.47. The van der Waals surface area contributed by atoms with Crippen LogP contribution in [-0.2, 0) is 19.1 Å². The largest absolute Gasteiger partial charge is 0.461 e. The molecule has 1 aromatic rings. The van der Waals surface area contributed by atoms with Gasteiger partial charge in [0.15, 0.2) is 0 Å². The van der Waals surface area contributed by atoms with Crippen LogP contribution in [0.4, 0.5) is 0 Å². The third-order valence-electron chi connectivity index (χ3n) is 4.63. The maximum absolute atomic E-state index is 12.6. The van der Waals surface area contributed by atoms with E-state index in [1.165, 1.54) is 13.8 Å². The van der Waals surface area contributed by atoms with Crippen molar-refractivity contribution in [3.8, 4) is 0 Å². The van der Waals surface area contributed by atoms with Crippen LogP contribution in [-0.4, -0.2) is 46.6 Å². The molecule has 25 heavy (non-hydrogen) atoms. The van der Waals surface area contributed by atoms with Crippen molar-refractivity contribution in [2.75, 3.05) is 5.75 Å². The molecule has 6 nitrogen and oxygen atoms in total. The maximum Gasteiger partial charge on any atom is 0.303 e. The Labute approximate surface area is 150 Å². The molecule has 2 bridgehead atoms. The van der Waals surface area contributed by atoms with E-state index in [9.17, 15) is 14.4 Å². The molecule has 1 saturated heterocycles. The summed E-state index contributed by atoms with van der Waals surface area (Å²) in [5.41, 5.74) is -0.0705. The summed E-state index contributed by atoms with van der Waals surface area (Å²) in [6, 6.07) is 8.95. The second-order valence-corrected chi connectivity index (χ2v) is 7.63. The lowest BCUT2D eigenvalue weighted by atomic mass is 9.78. The molecule has 134 valence electrons. The molecule has 7 heteroatoms. The highest BCUT2D eigenvalue weighted by molar-refractivity contribution is 8.00. The Bertz CT molecular complexity index is 679. The molecule has 1 heterocycles. The van der Waals surface area contributed by atoms with Gasteiger partial charge in [0, 0.05) is 25.2 Å². The molecular weight excluding hydrogens is 342 g/mol. The smallest absolute Gasteiger partial charge is 0.303 e. The van der Waals surface area contributed by atoms with Gasteiger partial charge in [-0.25, -0.2) is 0 Å². The van der Waals surface area contributed by atoms with E-state index in [1.807, 2.05) is 6.07 Å². The summed E-state index contributed by atoms with van der Waals surface area (Å²) in [5.74, 6) is -0.324. The van der Waals surface area contributed by atoms with E-state index in [4.69, 9.17) is 9.47 Å². The molecule has 1 aliphatic carbocycles. The standard InChI is InChI=1S/C18H21NO5S/c1-11(20)23-14-8-9-18(10-25-15(14)16(18)24-12(2)21)19-17(22)13-6-4-3-5-7-13/h3-7,14-16H,8-10H2,1-2H3,(H,19,22)/t14-,15-,16-,18+/m0/s1. The van der Waals surface area contributed by atoms with Crippen LogP contribution in [0.5, 0.6) is 0 Å². The van der Waals surface area contributed by atoms with Crippen LogP contribution in [0.3, 0.4) is 0 Å². The summed E-state index contributed by atoms with van der Waals surface area (Å²) in [5, 5.41) is 2.92. The average molecular weight is 363 g/mol. The minimum absolute atomic E-state index is 0.169. The van der Waals surface area contributed by atoms with Crippen molar-refractivity contribution in [1.82, 2.24) is 5.32 Å². The zero-order valence-corrected chi connectivity index (χ0v) is 15.0. The molecular formula is C18H21NO5S. The molecule has 1 aliphatic heterocycles. The molecule has 4 atom stereocenters. The Morgan fingerprint density at radius 3 is 2.44 bits per heavy atom. The number of carbonyl (C=O) groups excluding carboxylic acids is 3. The Morgan fingerprint density at radius 1 is 1.12 bits per heavy atom. The van der Waals surface area contributed by atoms with Gasteiger partial charge in [-0.15, -0.1) is 11.8 Å². The van der Waals surface area contributed by atoms with Crippen LogP contribution in [0.1, 0.15) is 37.0 Å². The van der Waals surface area contributed by atoms with Crippen molar-refractivity contribution in [3.05, 3.63) is 35.9 Å². The molecule has 0 unspecified atom stereocenters. The van der Waals surface area contributed by atoms with Gasteiger partial charge in [0.2, 0.25) is 0 Å². The number of nitrogens with one attached hydrogen (secondary N) is 1. The van der Waals surface area contributed by atoms with Crippen LogP contribution in [0.25, 0.3) is 0 Å². The van der Waals surface area contributed by atoms with Crippen LogP contribution in [0.2, 0.25) is 0 Å². The lowest BCUT2D eigenvalue weighted by molar-refractivity contribution is -0.159. The number of fused-ring (bicyclic) bond motifs is 2. The summed E-state index contributed by atoms with van der Waals surface area (Å²) >= 11 is 1.58. The van der Waals surface area contributed by atoms with Gasteiger partial charge >= 0.3 is 11.9 Å². The molecule has 2 aliphatic rings. The minimum Gasteiger partial charge on any atom is -0.461 e. The predicted molar refractivity (Wildman–Crippen MR) is 93.2 cm³/mol. The van der Waals surface area contributed by atoms with Crippen LogP contribution >= 0.6 is 11.8 Å². The number of hydrogen-bond acceptors (Lipinski definition) is 6. The number of rotatable bonds is 4. The summed E-state index contributed by atoms with van der Waals surface area (Å²) in [7, 11) is 0. The minimum atomic E-state index is -0.634. The highest BCUT2D eigenvalue weighted by Gasteiger charge is 2.58. The second kappa shape index (κ2) is 7.07. The summed E-state index contributed by atoms with van der Waals surface area (Å²) in [6.07, 6.45) is 0.395. The Kier molecular flexibility index (Phi) is 5.03. The summed E-state index contributed by atoms with van der Waals surface area (Å²) < 4.78 is 11.0. The highest BCUT2D eigenvalue weighted by atomic mass is 32.2. The molecule has 3 rings (SSSR count). The Morgan fingerprint density at radius 2 is 1.80 bits per heavy atom. The first-order chi connectivity index (χ1) is 11.9. The van der Waals surface area contributed by atoms with Crippen molar-refractivity contribution >= 4 is 29.6 Å². The Balaban J connectivity index is 1.82. The van der Waals surface area contributed by atoms with Crippen molar-refractivity contribution in [2.24, 2.45) is 0 Å². The van der Waals surface area contributed by atoms with Crippen LogP contribution in [0, 0.1) is 0 Å². The second-order valence-electron chi connectivity index (χ2n) is 6.47. The third kappa shape index (κ3) is 3.66. The fourth-order valence-electron chi connectivity index (χ4n) is 3.57. The first kappa shape index (κ1) is 17.8. The van der Waals surface area contributed by atoms with Gasteiger partial charge in [-0.1, -0.05) is 18.2 Å². The molecule has 0 aromatic heterocycles. The third-order valence-corrected chi connectivity index (χ3v) is 6.24. The first-order valence-corrected chi connectivity index (χ1v) is 9.30. The van der Waals surface area contributed by atoms with E-state index >= 15 is 0 Å². The molecule has 1 amide bonds. The van der Waals surface area contributed by atoms with Gasteiger partial charge in [0.05, 0.1) is 10.8 Å². The van der Waals surface area contributed by atoms with Crippen molar-refractivity contribution in [3.63, 3.8) is 0 Å². The quantitative estimate of drug-likeness (QED) is 0.823. The van der Waals surface area contributed by atoms with Gasteiger partial charge in [-0.2, -0.15) is 0 Å². The van der Waals surface area contributed by atoms with Gasteiger partial charge in [-0.3, -0.25) is 14.4 Å². The zero-order valence-electron chi connectivity index (χ0n) is 14.2. The SMILES string of the molecule is CC(=O)O[C@H]1CC[C@@]2(NC(=O)c3ccccc3)CS[C@@H]1[C@@H]2OC(C)=O. The van der Waals surface area contributed by atoms with Gasteiger partial charge < -0.3 is 14.8 Å². The molecule has 1 aromatic carbocycles.